The first kappa shape index (κ1) is 30.9. The number of rotatable bonds is 1. The summed E-state index contributed by atoms with van der Waals surface area (Å²) in [4.78, 5) is 2.32. The van der Waals surface area contributed by atoms with Gasteiger partial charge in [-0.05, 0) is 116 Å². The number of nitrogens with one attached hydrogen (secondary N) is 1. The van der Waals surface area contributed by atoms with E-state index in [1.54, 1.807) is 6.07 Å². The number of aliphatic hydroxyl groups is 2. The smallest absolute Gasteiger partial charge is 0.217 e. The van der Waals surface area contributed by atoms with Crippen molar-refractivity contribution in [3.05, 3.63) is 70.3 Å². The van der Waals surface area contributed by atoms with Gasteiger partial charge in [0.15, 0.2) is 0 Å². The van der Waals surface area contributed by atoms with E-state index in [-0.39, 0.29) is 17.8 Å². The summed E-state index contributed by atoms with van der Waals surface area (Å²) in [7, 11) is -3.83. The Morgan fingerprint density at radius 2 is 1.81 bits per heavy atom. The van der Waals surface area contributed by atoms with E-state index >= 15 is 0 Å². The molecule has 0 spiro atoms. The van der Waals surface area contributed by atoms with E-state index in [1.807, 2.05) is 49.4 Å². The van der Waals surface area contributed by atoms with Crippen LogP contribution in [0.5, 0.6) is 5.75 Å². The van der Waals surface area contributed by atoms with Gasteiger partial charge in [0.1, 0.15) is 18.6 Å². The number of hydrogen-bond acceptors (Lipinski definition) is 6. The van der Waals surface area contributed by atoms with E-state index in [0.29, 0.717) is 30.3 Å². The Labute approximate surface area is 261 Å². The maximum absolute atomic E-state index is 13.8. The van der Waals surface area contributed by atoms with Crippen LogP contribution in [0.4, 0.5) is 5.69 Å². The highest BCUT2D eigenvalue weighted by Crippen LogP contribution is 2.42. The largest absolute Gasteiger partial charge is 0.487 e. The second-order valence-electron chi connectivity index (χ2n) is 13.2. The third-order valence-electron chi connectivity index (χ3n) is 10.3. The maximum Gasteiger partial charge on any atom is 0.217 e. The highest BCUT2D eigenvalue weighted by atomic mass is 35.5. The fraction of sp³-hybridized carbons (Fsp3) is 0.588. The van der Waals surface area contributed by atoms with Gasteiger partial charge in [-0.15, -0.1) is 0 Å². The number of benzene rings is 2. The van der Waals surface area contributed by atoms with Gasteiger partial charge in [-0.25, -0.2) is 8.42 Å². The maximum atomic E-state index is 13.8. The van der Waals surface area contributed by atoms with Crippen LogP contribution in [-0.4, -0.2) is 43.1 Å². The fourth-order valence-electron chi connectivity index (χ4n) is 7.48. The predicted molar refractivity (Wildman–Crippen MR) is 171 cm³/mol. The minimum absolute atomic E-state index is 0.0713. The number of nitrogens with zero attached hydrogens (tertiary/aromatic N) is 1. The summed E-state index contributed by atoms with van der Waals surface area (Å²) < 4.78 is 36.7. The summed E-state index contributed by atoms with van der Waals surface area (Å²) >= 11 is 6.33. The molecule has 43 heavy (non-hydrogen) atoms. The Kier molecular flexibility index (Phi) is 9.41. The topological polar surface area (TPSA) is 99.1 Å². The van der Waals surface area contributed by atoms with Crippen molar-refractivity contribution < 1.29 is 23.4 Å². The third kappa shape index (κ3) is 6.79. The molecule has 0 saturated heterocycles. The predicted octanol–water partition coefficient (Wildman–Crippen LogP) is 6.12. The lowest BCUT2D eigenvalue weighted by molar-refractivity contribution is 0.0460. The van der Waals surface area contributed by atoms with Crippen LogP contribution in [0.2, 0.25) is 5.02 Å². The molecular weight excluding hydrogens is 584 g/mol. The van der Waals surface area contributed by atoms with E-state index in [0.717, 1.165) is 80.7 Å². The van der Waals surface area contributed by atoms with Gasteiger partial charge in [0.2, 0.25) is 10.0 Å². The minimum atomic E-state index is -3.83. The van der Waals surface area contributed by atoms with Crippen molar-refractivity contribution in [2.75, 3.05) is 18.0 Å². The molecule has 2 bridgehead atoms. The zero-order valence-corrected chi connectivity index (χ0v) is 26.6. The summed E-state index contributed by atoms with van der Waals surface area (Å²) in [6.45, 7) is 3.91. The highest BCUT2D eigenvalue weighted by molar-refractivity contribution is 7.90. The molecule has 4 aliphatic rings. The van der Waals surface area contributed by atoms with Crippen molar-refractivity contribution in [3.8, 4) is 5.75 Å². The van der Waals surface area contributed by atoms with E-state index in [1.165, 1.54) is 5.56 Å². The molecule has 7 nitrogen and oxygen atoms in total. The molecule has 9 heteroatoms. The average molecular weight is 629 g/mol. The summed E-state index contributed by atoms with van der Waals surface area (Å²) in [5.74, 6) is 1.11. The SMILES string of the molecule is C[C@H]1C/C=C/[C@H](O)[C@@H]2CC[C@H]2CN2CCCCc3cc(Cl)ccc3COc3ccc(cc32)C(O)NS(=O)(=O)[C@@H]1C1CCC1. The van der Waals surface area contributed by atoms with E-state index in [4.69, 9.17) is 16.3 Å². The van der Waals surface area contributed by atoms with Crippen LogP contribution in [0.1, 0.15) is 81.2 Å². The monoisotopic (exact) mass is 628 g/mol. The first-order valence-corrected chi connectivity index (χ1v) is 17.9. The Hall–Kier alpha value is -2.10. The van der Waals surface area contributed by atoms with E-state index in [9.17, 15) is 18.6 Å². The molecule has 6 atom stereocenters. The van der Waals surface area contributed by atoms with Gasteiger partial charge in [0.05, 0.1) is 17.0 Å². The second-order valence-corrected chi connectivity index (χ2v) is 15.5. The molecule has 2 aliphatic carbocycles. The highest BCUT2D eigenvalue weighted by Gasteiger charge is 2.41. The van der Waals surface area contributed by atoms with Crippen molar-refractivity contribution in [2.45, 2.75) is 88.9 Å². The normalized spacial score (nSPS) is 32.5. The van der Waals surface area contributed by atoms with Gasteiger partial charge in [0, 0.05) is 18.1 Å². The van der Waals surface area contributed by atoms with Crippen molar-refractivity contribution in [1.82, 2.24) is 4.72 Å². The second kappa shape index (κ2) is 13.1. The van der Waals surface area contributed by atoms with Crippen LogP contribution in [0.3, 0.4) is 0 Å². The van der Waals surface area contributed by atoms with Crippen LogP contribution >= 0.6 is 11.6 Å². The van der Waals surface area contributed by atoms with Crippen molar-refractivity contribution in [1.29, 1.82) is 0 Å². The summed E-state index contributed by atoms with van der Waals surface area (Å²) in [5, 5.41) is 22.6. The van der Waals surface area contributed by atoms with Gasteiger partial charge in [-0.3, -0.25) is 0 Å². The Bertz CT molecular complexity index is 1430. The summed E-state index contributed by atoms with van der Waals surface area (Å²) in [5.41, 5.74) is 3.63. The first-order chi connectivity index (χ1) is 20.7. The molecule has 1 unspecified atom stereocenters. The Morgan fingerprint density at radius 1 is 0.977 bits per heavy atom. The minimum Gasteiger partial charge on any atom is -0.487 e. The number of hydrogen-bond donors (Lipinski definition) is 3. The number of aliphatic hydroxyl groups excluding tert-OH is 2. The number of halogens is 1. The molecule has 2 heterocycles. The molecule has 6 rings (SSSR count). The molecule has 0 aromatic heterocycles. The van der Waals surface area contributed by atoms with Gasteiger partial charge >= 0.3 is 0 Å². The van der Waals surface area contributed by atoms with Crippen LogP contribution < -0.4 is 14.4 Å². The molecule has 0 amide bonds. The van der Waals surface area contributed by atoms with Gasteiger partial charge in [0.25, 0.3) is 0 Å². The molecule has 0 radical (unpaired) electrons. The quantitative estimate of drug-likeness (QED) is 0.329. The van der Waals surface area contributed by atoms with E-state index in [2.05, 4.69) is 9.62 Å². The number of ether oxygens (including phenoxy) is 1. The average Bonchev–Trinajstić information content (AvgIpc) is 2.95. The molecule has 2 fully saturated rings. The fourth-order valence-corrected chi connectivity index (χ4v) is 9.78. The van der Waals surface area contributed by atoms with Crippen molar-refractivity contribution in [3.63, 3.8) is 0 Å². The molecule has 2 saturated carbocycles. The third-order valence-corrected chi connectivity index (χ3v) is 12.7. The molecule has 2 aliphatic heterocycles. The Morgan fingerprint density at radius 3 is 2.56 bits per heavy atom. The van der Waals surface area contributed by atoms with Crippen LogP contribution in [-0.2, 0) is 23.1 Å². The number of sulfonamides is 1. The summed E-state index contributed by atoms with van der Waals surface area (Å²) in [6, 6.07) is 11.5. The molecule has 2 aromatic carbocycles. The lowest BCUT2D eigenvalue weighted by atomic mass is 9.70. The number of allylic oxidation sites excluding steroid dienone is 1. The number of fused-ring (bicyclic) bond motifs is 3. The standard InChI is InChI=1S/C34H45ClN2O5S/c1-22-6-4-10-31(38)29-15-12-26(29)20-37-17-3-2-7-24-18-28(35)14-11-27(24)21-42-32-16-13-25(19-30(32)37)34(39)36-43(40,41)33(22)23-8-5-9-23/h4,10-11,13-14,16,18-19,22-23,26,29,31,33-34,36,38-39H,2-3,5-9,12,15,17,20-21H2,1H3/b10-4+/t22-,26-,29+,31-,33-,34?/m0/s1. The number of aryl methyl sites for hydroxylation is 1. The molecular formula is C34H45ClN2O5S. The lowest BCUT2D eigenvalue weighted by Crippen LogP contribution is -2.46. The zero-order chi connectivity index (χ0) is 30.1. The first-order valence-electron chi connectivity index (χ1n) is 16.0. The van der Waals surface area contributed by atoms with Gasteiger partial charge in [-0.1, -0.05) is 49.2 Å². The van der Waals surface area contributed by atoms with Crippen LogP contribution in [0, 0.1) is 23.7 Å². The summed E-state index contributed by atoms with van der Waals surface area (Å²) in [6.07, 6.45) is 10.2. The lowest BCUT2D eigenvalue weighted by Gasteiger charge is -2.43. The molecule has 234 valence electrons. The molecule has 3 N–H and O–H groups in total. The van der Waals surface area contributed by atoms with Crippen molar-refractivity contribution >= 4 is 27.3 Å². The van der Waals surface area contributed by atoms with E-state index < -0.39 is 27.6 Å². The number of anilines is 1. The van der Waals surface area contributed by atoms with Crippen LogP contribution in [0.25, 0.3) is 0 Å². The van der Waals surface area contributed by atoms with Gasteiger partial charge in [-0.2, -0.15) is 4.72 Å². The Balaban J connectivity index is 1.38. The van der Waals surface area contributed by atoms with Gasteiger partial charge < -0.3 is 19.8 Å². The van der Waals surface area contributed by atoms with Crippen molar-refractivity contribution in [2.24, 2.45) is 23.7 Å². The molecule has 2 aromatic rings. The zero-order valence-electron chi connectivity index (χ0n) is 25.0. The van der Waals surface area contributed by atoms with Crippen LogP contribution in [0.15, 0.2) is 48.6 Å².